The maximum atomic E-state index is 2.47. The van der Waals surface area contributed by atoms with E-state index in [0.717, 1.165) is 17.1 Å². The zero-order valence-electron chi connectivity index (χ0n) is 29.4. The Balaban J connectivity index is 1.39. The van der Waals surface area contributed by atoms with Crippen molar-refractivity contribution >= 4 is 113 Å². The van der Waals surface area contributed by atoms with Crippen LogP contribution >= 0.6 is 11.3 Å². The first kappa shape index (κ1) is 30.8. The van der Waals surface area contributed by atoms with E-state index >= 15 is 0 Å². The highest BCUT2D eigenvalue weighted by Crippen LogP contribution is 2.44. The van der Waals surface area contributed by atoms with E-state index in [0.29, 0.717) is 0 Å². The summed E-state index contributed by atoms with van der Waals surface area (Å²) >= 11 is 1.88. The number of thiophene rings is 1. The van der Waals surface area contributed by atoms with Crippen LogP contribution in [-0.4, -0.2) is 0 Å². The minimum atomic E-state index is 1.11. The maximum absolute atomic E-state index is 2.47. The van der Waals surface area contributed by atoms with Gasteiger partial charge in [0.05, 0.1) is 5.69 Å². The van der Waals surface area contributed by atoms with Crippen molar-refractivity contribution in [3.8, 4) is 0 Å². The Hall–Kier alpha value is -6.74. The van der Waals surface area contributed by atoms with E-state index in [2.05, 4.69) is 205 Å². The molecule has 11 rings (SSSR count). The molecule has 1 nitrogen and oxygen atoms in total. The molecule has 0 amide bonds. The summed E-state index contributed by atoms with van der Waals surface area (Å²) in [6.45, 7) is 0. The summed E-state index contributed by atoms with van der Waals surface area (Å²) in [4.78, 5) is 2.42. The monoisotopic (exact) mass is 703 g/mol. The molecular formula is C52H33NS. The lowest BCUT2D eigenvalue weighted by molar-refractivity contribution is 1.30. The molecule has 0 fully saturated rings. The smallest absolute Gasteiger partial charge is 0.0540 e. The molecule has 0 N–H and O–H groups in total. The fraction of sp³-hybridized carbons (Fsp3) is 0. The highest BCUT2D eigenvalue weighted by Gasteiger charge is 2.18. The minimum Gasteiger partial charge on any atom is -0.310 e. The van der Waals surface area contributed by atoms with E-state index in [9.17, 15) is 0 Å². The van der Waals surface area contributed by atoms with E-state index in [1.165, 1.54) is 84.8 Å². The standard InChI is InChI=1S/C52H33NS/c1-2-17-35(18-3-1)53(50-27-14-16-34-15-4-5-19-37(34)50)36-29-30-44-42-24-9-8-22-40(42)38-20-6-7-21-39(38)41-23-10-11-25-43(41)47-32-49-45-26-12-13-28-51(45)54-52(49)33-48(47)46(44)31-36/h1-33H. The fourth-order valence-corrected chi connectivity index (χ4v) is 9.74. The highest BCUT2D eigenvalue weighted by molar-refractivity contribution is 7.25. The van der Waals surface area contributed by atoms with E-state index < -0.39 is 0 Å². The predicted molar refractivity (Wildman–Crippen MR) is 237 cm³/mol. The van der Waals surface area contributed by atoms with Gasteiger partial charge in [-0.3, -0.25) is 0 Å². The molecule has 54 heavy (non-hydrogen) atoms. The molecule has 0 aliphatic heterocycles. The molecular weight excluding hydrogens is 671 g/mol. The number of anilines is 3. The average molecular weight is 704 g/mol. The maximum Gasteiger partial charge on any atom is 0.0540 e. The molecule has 252 valence electrons. The fourth-order valence-electron chi connectivity index (χ4n) is 8.61. The Morgan fingerprint density at radius 2 is 0.741 bits per heavy atom. The van der Waals surface area contributed by atoms with Gasteiger partial charge in [-0.1, -0.05) is 152 Å². The van der Waals surface area contributed by atoms with Crippen LogP contribution in [0.4, 0.5) is 17.1 Å². The highest BCUT2D eigenvalue weighted by atomic mass is 32.1. The normalized spacial score (nSPS) is 11.7. The number of benzene rings is 9. The molecule has 0 saturated carbocycles. The summed E-state index contributed by atoms with van der Waals surface area (Å²) in [7, 11) is 0. The predicted octanol–water partition coefficient (Wildman–Crippen LogP) is 15.6. The molecule has 0 unspecified atom stereocenters. The second-order valence-electron chi connectivity index (χ2n) is 14.0. The van der Waals surface area contributed by atoms with E-state index in [4.69, 9.17) is 0 Å². The molecule has 0 radical (unpaired) electrons. The topological polar surface area (TPSA) is 3.24 Å². The van der Waals surface area contributed by atoms with Crippen molar-refractivity contribution < 1.29 is 0 Å². The number of nitrogens with zero attached hydrogens (tertiary/aromatic N) is 1. The van der Waals surface area contributed by atoms with Crippen molar-refractivity contribution in [2.24, 2.45) is 0 Å². The molecule has 0 saturated heterocycles. The largest absolute Gasteiger partial charge is 0.310 e. The summed E-state index contributed by atoms with van der Waals surface area (Å²) in [5, 5.41) is 17.4. The molecule has 1 aromatic heterocycles. The zero-order valence-corrected chi connectivity index (χ0v) is 30.2. The van der Waals surface area contributed by atoms with Crippen LogP contribution in [0.3, 0.4) is 0 Å². The Morgan fingerprint density at radius 3 is 1.41 bits per heavy atom. The quantitative estimate of drug-likeness (QED) is 0.177. The lowest BCUT2D eigenvalue weighted by Crippen LogP contribution is -2.10. The zero-order chi connectivity index (χ0) is 35.6. The number of rotatable bonds is 3. The van der Waals surface area contributed by atoms with E-state index in [1.807, 2.05) is 11.3 Å². The number of para-hydroxylation sites is 1. The van der Waals surface area contributed by atoms with Gasteiger partial charge in [0.1, 0.15) is 0 Å². The van der Waals surface area contributed by atoms with Crippen LogP contribution in [-0.2, 0) is 0 Å². The van der Waals surface area contributed by atoms with Crippen LogP contribution in [0.5, 0.6) is 0 Å². The van der Waals surface area contributed by atoms with Gasteiger partial charge in [0.15, 0.2) is 0 Å². The Morgan fingerprint density at radius 1 is 0.259 bits per heavy atom. The van der Waals surface area contributed by atoms with Gasteiger partial charge < -0.3 is 4.90 Å². The van der Waals surface area contributed by atoms with Gasteiger partial charge in [0.25, 0.3) is 0 Å². The van der Waals surface area contributed by atoms with E-state index in [-0.39, 0.29) is 0 Å². The third kappa shape index (κ3) is 4.85. The van der Waals surface area contributed by atoms with Crippen molar-refractivity contribution in [3.05, 3.63) is 200 Å². The van der Waals surface area contributed by atoms with E-state index in [1.54, 1.807) is 0 Å². The third-order valence-corrected chi connectivity index (χ3v) is 12.2. The third-order valence-electron chi connectivity index (χ3n) is 11.0. The summed E-state index contributed by atoms with van der Waals surface area (Å²) in [6.07, 6.45) is 0. The molecule has 1 heterocycles. The molecule has 10 aromatic carbocycles. The lowest BCUT2D eigenvalue weighted by atomic mass is 9.93. The number of fused-ring (bicyclic) bond motifs is 14. The van der Waals surface area contributed by atoms with Gasteiger partial charge in [-0.05, 0) is 108 Å². The molecule has 0 aliphatic rings. The first-order chi connectivity index (χ1) is 26.8. The van der Waals surface area contributed by atoms with Crippen LogP contribution in [0.25, 0.3) is 84.8 Å². The molecule has 0 bridgehead atoms. The van der Waals surface area contributed by atoms with Gasteiger partial charge in [-0.15, -0.1) is 11.3 Å². The van der Waals surface area contributed by atoms with Gasteiger partial charge >= 0.3 is 0 Å². The summed E-state index contributed by atoms with van der Waals surface area (Å²) in [5.74, 6) is 0. The minimum absolute atomic E-state index is 1.11. The first-order valence-electron chi connectivity index (χ1n) is 18.5. The number of hydrogen-bond acceptors (Lipinski definition) is 2. The summed E-state index contributed by atoms with van der Waals surface area (Å²) in [6, 6.07) is 73.8. The van der Waals surface area contributed by atoms with Crippen LogP contribution in [0.2, 0.25) is 0 Å². The van der Waals surface area contributed by atoms with Gasteiger partial charge in [0, 0.05) is 36.9 Å². The van der Waals surface area contributed by atoms with Crippen molar-refractivity contribution in [1.29, 1.82) is 0 Å². The van der Waals surface area contributed by atoms with Gasteiger partial charge in [-0.2, -0.15) is 0 Å². The average Bonchev–Trinajstić information content (AvgIpc) is 3.61. The van der Waals surface area contributed by atoms with Crippen LogP contribution in [0.1, 0.15) is 0 Å². The summed E-state index contributed by atoms with van der Waals surface area (Å²) < 4.78 is 2.60. The Bertz CT molecular complexity index is 3340. The second kappa shape index (κ2) is 12.4. The van der Waals surface area contributed by atoms with Crippen molar-refractivity contribution in [1.82, 2.24) is 0 Å². The number of hydrogen-bond donors (Lipinski definition) is 0. The van der Waals surface area contributed by atoms with Crippen LogP contribution in [0, 0.1) is 0 Å². The molecule has 0 aliphatic carbocycles. The Labute approximate surface area is 316 Å². The van der Waals surface area contributed by atoms with Crippen LogP contribution in [0.15, 0.2) is 200 Å². The molecule has 0 spiro atoms. The molecule has 0 atom stereocenters. The SMILES string of the molecule is c1ccc(N(c2ccc3c4ccccc4c4ccccc4c4ccccc4c4cc5c(cc4c3c2)sc2ccccc25)c2cccc3ccccc23)cc1. The molecule has 11 aromatic rings. The Kier molecular flexibility index (Phi) is 7.11. The second-order valence-corrected chi connectivity index (χ2v) is 15.1. The van der Waals surface area contributed by atoms with Gasteiger partial charge in [-0.25, -0.2) is 0 Å². The van der Waals surface area contributed by atoms with Crippen molar-refractivity contribution in [3.63, 3.8) is 0 Å². The summed E-state index contributed by atoms with van der Waals surface area (Å²) in [5.41, 5.74) is 3.38. The first-order valence-corrected chi connectivity index (χ1v) is 19.3. The van der Waals surface area contributed by atoms with Crippen molar-refractivity contribution in [2.75, 3.05) is 4.90 Å². The van der Waals surface area contributed by atoms with Gasteiger partial charge in [0.2, 0.25) is 0 Å². The van der Waals surface area contributed by atoms with Crippen LogP contribution < -0.4 is 4.90 Å². The molecule has 2 heteroatoms. The van der Waals surface area contributed by atoms with Crippen molar-refractivity contribution in [2.45, 2.75) is 0 Å². The lowest BCUT2D eigenvalue weighted by Gasteiger charge is -2.27.